The normalized spacial score (nSPS) is 11.4. The number of rotatable bonds is 3. The summed E-state index contributed by atoms with van der Waals surface area (Å²) in [6.07, 6.45) is -4.74. The fourth-order valence-electron chi connectivity index (χ4n) is 1.14. The van der Waals surface area contributed by atoms with Gasteiger partial charge in [-0.1, -0.05) is 22.9 Å². The van der Waals surface area contributed by atoms with Crippen LogP contribution in [0.3, 0.4) is 0 Å². The van der Waals surface area contributed by atoms with Crippen molar-refractivity contribution in [2.45, 2.75) is 6.36 Å². The number of hydrogen-bond acceptors (Lipinski definition) is 4. The Labute approximate surface area is 123 Å². The van der Waals surface area contributed by atoms with Gasteiger partial charge in [0.05, 0.1) is 4.47 Å². The Kier molecular flexibility index (Phi) is 4.22. The van der Waals surface area contributed by atoms with E-state index >= 15 is 0 Å². The first-order valence-electron chi connectivity index (χ1n) is 4.68. The van der Waals surface area contributed by atoms with E-state index < -0.39 is 6.36 Å². The van der Waals surface area contributed by atoms with Crippen molar-refractivity contribution >= 4 is 38.9 Å². The molecule has 102 valence electrons. The van der Waals surface area contributed by atoms with Gasteiger partial charge in [0.25, 0.3) is 5.19 Å². The van der Waals surface area contributed by atoms with Crippen LogP contribution < -0.4 is 9.47 Å². The Morgan fingerprint density at radius 2 is 2.05 bits per heavy atom. The van der Waals surface area contributed by atoms with Crippen LogP contribution in [0.2, 0.25) is 5.15 Å². The van der Waals surface area contributed by atoms with Crippen molar-refractivity contribution in [2.24, 2.45) is 0 Å². The average molecular weight is 375 g/mol. The molecule has 0 amide bonds. The number of thiazole rings is 1. The molecule has 1 aromatic heterocycles. The van der Waals surface area contributed by atoms with Gasteiger partial charge in [0.2, 0.25) is 0 Å². The molecule has 0 bridgehead atoms. The molecule has 0 aliphatic rings. The predicted molar refractivity (Wildman–Crippen MR) is 68.0 cm³/mol. The Morgan fingerprint density at radius 1 is 1.32 bits per heavy atom. The predicted octanol–water partition coefficient (Wildman–Crippen LogP) is 5.25. The molecule has 0 aliphatic heterocycles. The number of ether oxygens (including phenoxy) is 2. The molecule has 0 atom stereocenters. The molecule has 1 heterocycles. The van der Waals surface area contributed by atoms with Crippen molar-refractivity contribution in [1.29, 1.82) is 0 Å². The van der Waals surface area contributed by atoms with Gasteiger partial charge in [-0.15, -0.1) is 13.2 Å². The van der Waals surface area contributed by atoms with Gasteiger partial charge >= 0.3 is 6.36 Å². The highest BCUT2D eigenvalue weighted by molar-refractivity contribution is 9.10. The van der Waals surface area contributed by atoms with Gasteiger partial charge in [-0.3, -0.25) is 0 Å². The summed E-state index contributed by atoms with van der Waals surface area (Å²) in [7, 11) is 0. The Hall–Kier alpha value is -0.990. The third kappa shape index (κ3) is 4.26. The summed E-state index contributed by atoms with van der Waals surface area (Å²) < 4.78 is 45.5. The molecule has 9 heteroatoms. The molecule has 0 fully saturated rings. The van der Waals surface area contributed by atoms with E-state index in [2.05, 4.69) is 25.7 Å². The van der Waals surface area contributed by atoms with Gasteiger partial charge < -0.3 is 9.47 Å². The number of hydrogen-bond donors (Lipinski definition) is 0. The summed E-state index contributed by atoms with van der Waals surface area (Å²) in [5, 5.41) is 2.16. The molecule has 0 N–H and O–H groups in total. The Balaban J connectivity index is 2.14. The van der Waals surface area contributed by atoms with Crippen LogP contribution >= 0.6 is 38.9 Å². The number of benzene rings is 1. The van der Waals surface area contributed by atoms with Crippen molar-refractivity contribution < 1.29 is 22.6 Å². The van der Waals surface area contributed by atoms with Gasteiger partial charge in [-0.25, -0.2) is 0 Å². The minimum absolute atomic E-state index is 0.116. The molecule has 1 aromatic carbocycles. The molecule has 0 aliphatic carbocycles. The average Bonchev–Trinajstić information content (AvgIpc) is 2.66. The second-order valence-electron chi connectivity index (χ2n) is 3.18. The van der Waals surface area contributed by atoms with E-state index in [-0.39, 0.29) is 15.4 Å². The highest BCUT2D eigenvalue weighted by atomic mass is 79.9. The van der Waals surface area contributed by atoms with E-state index in [1.807, 2.05) is 0 Å². The lowest BCUT2D eigenvalue weighted by Crippen LogP contribution is -2.17. The highest BCUT2D eigenvalue weighted by Crippen LogP contribution is 2.35. The Bertz CT molecular complexity index is 590. The summed E-state index contributed by atoms with van der Waals surface area (Å²) in [5.41, 5.74) is 0. The van der Waals surface area contributed by atoms with Gasteiger partial charge in [0, 0.05) is 5.38 Å². The molecular weight excluding hydrogens is 371 g/mol. The first kappa shape index (κ1) is 14.4. The van der Waals surface area contributed by atoms with Crippen molar-refractivity contribution in [2.75, 3.05) is 0 Å². The van der Waals surface area contributed by atoms with Gasteiger partial charge in [0.15, 0.2) is 0 Å². The van der Waals surface area contributed by atoms with E-state index in [0.717, 1.165) is 6.07 Å². The number of alkyl halides is 3. The van der Waals surface area contributed by atoms with Crippen LogP contribution in [0.4, 0.5) is 13.2 Å². The second-order valence-corrected chi connectivity index (χ2v) is 5.24. The van der Waals surface area contributed by atoms with Gasteiger partial charge in [-0.05, 0) is 34.1 Å². The highest BCUT2D eigenvalue weighted by Gasteiger charge is 2.32. The molecule has 0 saturated heterocycles. The summed E-state index contributed by atoms with van der Waals surface area (Å²) >= 11 is 9.76. The first-order valence-corrected chi connectivity index (χ1v) is 6.73. The standard InChI is InChI=1S/C10H4BrClF3NO2S/c11-6-3-5(17-9-16-8(12)4-19-9)1-2-7(6)18-10(13,14)15/h1-4H. The molecule has 0 saturated carbocycles. The molecule has 2 aromatic rings. The first-order chi connectivity index (χ1) is 8.83. The molecule has 0 radical (unpaired) electrons. The van der Waals surface area contributed by atoms with E-state index in [1.54, 1.807) is 5.38 Å². The topological polar surface area (TPSA) is 31.4 Å². The largest absolute Gasteiger partial charge is 0.573 e. The lowest BCUT2D eigenvalue weighted by atomic mass is 10.3. The minimum atomic E-state index is -4.74. The van der Waals surface area contributed by atoms with Gasteiger partial charge in [-0.2, -0.15) is 4.98 Å². The van der Waals surface area contributed by atoms with E-state index in [0.29, 0.717) is 10.9 Å². The second kappa shape index (κ2) is 5.56. The molecule has 0 spiro atoms. The zero-order chi connectivity index (χ0) is 14.0. The fraction of sp³-hybridized carbons (Fsp3) is 0.100. The van der Waals surface area contributed by atoms with E-state index in [1.165, 1.54) is 23.5 Å². The molecule has 19 heavy (non-hydrogen) atoms. The van der Waals surface area contributed by atoms with Crippen LogP contribution in [0.15, 0.2) is 28.1 Å². The van der Waals surface area contributed by atoms with Gasteiger partial charge in [0.1, 0.15) is 16.7 Å². The van der Waals surface area contributed by atoms with Crippen LogP contribution in [0, 0.1) is 0 Å². The molecular formula is C10H4BrClF3NO2S. The maximum atomic E-state index is 12.1. The lowest BCUT2D eigenvalue weighted by Gasteiger charge is -2.11. The number of nitrogens with zero attached hydrogens (tertiary/aromatic N) is 1. The SMILES string of the molecule is FC(F)(F)Oc1ccc(Oc2nc(Cl)cs2)cc1Br. The summed E-state index contributed by atoms with van der Waals surface area (Å²) in [4.78, 5) is 3.85. The fourth-order valence-corrected chi connectivity index (χ4v) is 2.38. The zero-order valence-electron chi connectivity index (χ0n) is 8.87. The van der Waals surface area contributed by atoms with Crippen molar-refractivity contribution in [3.63, 3.8) is 0 Å². The van der Waals surface area contributed by atoms with Crippen molar-refractivity contribution in [1.82, 2.24) is 4.98 Å². The smallest absolute Gasteiger partial charge is 0.431 e. The van der Waals surface area contributed by atoms with E-state index in [4.69, 9.17) is 16.3 Å². The minimum Gasteiger partial charge on any atom is -0.431 e. The summed E-state index contributed by atoms with van der Waals surface area (Å²) in [6.45, 7) is 0. The molecule has 0 unspecified atom stereocenters. The van der Waals surface area contributed by atoms with Crippen LogP contribution in [-0.2, 0) is 0 Å². The van der Waals surface area contributed by atoms with E-state index in [9.17, 15) is 13.2 Å². The maximum absolute atomic E-state index is 12.1. The third-order valence-electron chi connectivity index (χ3n) is 1.79. The van der Waals surface area contributed by atoms with Crippen molar-refractivity contribution in [3.05, 3.63) is 33.2 Å². The monoisotopic (exact) mass is 373 g/mol. The van der Waals surface area contributed by atoms with Crippen LogP contribution in [0.1, 0.15) is 0 Å². The number of halogens is 5. The third-order valence-corrected chi connectivity index (χ3v) is 3.45. The summed E-state index contributed by atoms with van der Waals surface area (Å²) in [5.74, 6) is -0.0376. The summed E-state index contributed by atoms with van der Waals surface area (Å²) in [6, 6.07) is 3.82. The number of aromatic nitrogens is 1. The van der Waals surface area contributed by atoms with Crippen LogP contribution in [0.5, 0.6) is 16.7 Å². The molecule has 3 nitrogen and oxygen atoms in total. The van der Waals surface area contributed by atoms with Crippen LogP contribution in [0.25, 0.3) is 0 Å². The molecule has 2 rings (SSSR count). The maximum Gasteiger partial charge on any atom is 0.573 e. The quantitative estimate of drug-likeness (QED) is 0.735. The zero-order valence-corrected chi connectivity index (χ0v) is 12.0. The Morgan fingerprint density at radius 3 is 2.58 bits per heavy atom. The van der Waals surface area contributed by atoms with Crippen molar-refractivity contribution in [3.8, 4) is 16.7 Å². The lowest BCUT2D eigenvalue weighted by molar-refractivity contribution is -0.274. The van der Waals surface area contributed by atoms with Crippen LogP contribution in [-0.4, -0.2) is 11.3 Å².